The van der Waals surface area contributed by atoms with E-state index in [0.29, 0.717) is 65.6 Å². The summed E-state index contributed by atoms with van der Waals surface area (Å²) in [7, 11) is 0. The first kappa shape index (κ1) is 47.1. The molecular formula is C49H62F4N2O6. The number of unbranched alkanes of at least 4 members (excludes halogenated alkanes) is 2. The highest BCUT2D eigenvalue weighted by Crippen LogP contribution is 2.43. The topological polar surface area (TPSA) is 123 Å². The number of nitrogen functional groups attached to an aromatic ring is 2. The van der Waals surface area contributed by atoms with Crippen molar-refractivity contribution in [3.05, 3.63) is 95.6 Å². The molecular weight excluding hydrogens is 789 g/mol. The summed E-state index contributed by atoms with van der Waals surface area (Å²) in [6.45, 7) is 3.89. The van der Waals surface area contributed by atoms with Crippen LogP contribution in [0.5, 0.6) is 11.5 Å². The second-order valence-corrected chi connectivity index (χ2v) is 16.7. The van der Waals surface area contributed by atoms with Crippen LogP contribution in [0.1, 0.15) is 126 Å². The van der Waals surface area contributed by atoms with Crippen molar-refractivity contribution < 1.29 is 46.1 Å². The van der Waals surface area contributed by atoms with Gasteiger partial charge in [-0.25, -0.2) is 9.59 Å². The van der Waals surface area contributed by atoms with Crippen LogP contribution >= 0.6 is 0 Å². The summed E-state index contributed by atoms with van der Waals surface area (Å²) in [6.07, 6.45) is 10.4. The van der Waals surface area contributed by atoms with Crippen molar-refractivity contribution in [3.63, 3.8) is 0 Å². The zero-order valence-electron chi connectivity index (χ0n) is 35.5. The number of hydrogen-bond acceptors (Lipinski definition) is 8. The Bertz CT molecular complexity index is 1770. The van der Waals surface area contributed by atoms with Crippen molar-refractivity contribution in [2.24, 2.45) is 23.7 Å². The maximum absolute atomic E-state index is 15.0. The molecule has 3 aromatic carbocycles. The second-order valence-electron chi connectivity index (χ2n) is 16.7. The van der Waals surface area contributed by atoms with Crippen molar-refractivity contribution >= 4 is 35.5 Å². The molecule has 2 aliphatic carbocycles. The van der Waals surface area contributed by atoms with Gasteiger partial charge in [0, 0.05) is 23.5 Å². The molecule has 0 saturated heterocycles. The van der Waals surface area contributed by atoms with E-state index in [2.05, 4.69) is 13.8 Å². The minimum Gasteiger partial charge on any atom is -0.462 e. The number of carbonyl (C=O) groups is 2. The Kier molecular flexibility index (Phi) is 17.5. The third-order valence-electron chi connectivity index (χ3n) is 12.1. The molecule has 12 heteroatoms. The number of esters is 2. The molecule has 0 heterocycles. The summed E-state index contributed by atoms with van der Waals surface area (Å²) in [5, 5.41) is 0. The average Bonchev–Trinajstić information content (AvgIpc) is 3.25. The largest absolute Gasteiger partial charge is 0.462 e. The van der Waals surface area contributed by atoms with Crippen molar-refractivity contribution in [3.8, 4) is 11.5 Å². The third-order valence-corrected chi connectivity index (χ3v) is 12.1. The molecule has 0 amide bonds. The number of halogens is 4. The molecule has 0 radical (unpaired) electrons. The summed E-state index contributed by atoms with van der Waals surface area (Å²) in [4.78, 5) is 25.5. The molecule has 3 aromatic rings. The molecule has 2 aliphatic rings. The number of carbonyl (C=O) groups excluding carboxylic acids is 2. The molecule has 0 atom stereocenters. The molecule has 0 unspecified atom stereocenters. The van der Waals surface area contributed by atoms with E-state index in [1.54, 1.807) is 42.5 Å². The van der Waals surface area contributed by atoms with Gasteiger partial charge in [0.1, 0.15) is 24.7 Å². The predicted molar refractivity (Wildman–Crippen MR) is 232 cm³/mol. The van der Waals surface area contributed by atoms with Crippen molar-refractivity contribution in [1.29, 1.82) is 0 Å². The lowest BCUT2D eigenvalue weighted by Crippen LogP contribution is -2.37. The Morgan fingerprint density at radius 1 is 0.639 bits per heavy atom. The highest BCUT2D eigenvalue weighted by molar-refractivity contribution is 5.87. The lowest BCUT2D eigenvalue weighted by Gasteiger charge is -2.33. The van der Waals surface area contributed by atoms with Gasteiger partial charge in [-0.05, 0) is 128 Å². The molecule has 5 rings (SSSR count). The van der Waals surface area contributed by atoms with Gasteiger partial charge in [-0.2, -0.15) is 17.6 Å². The van der Waals surface area contributed by atoms with Gasteiger partial charge in [-0.15, -0.1) is 0 Å². The van der Waals surface area contributed by atoms with Crippen LogP contribution in [-0.2, 0) is 19.1 Å². The van der Waals surface area contributed by atoms with Gasteiger partial charge in [-0.1, -0.05) is 82.7 Å². The van der Waals surface area contributed by atoms with E-state index in [9.17, 15) is 9.59 Å². The van der Waals surface area contributed by atoms with Gasteiger partial charge in [-0.3, -0.25) is 0 Å². The highest BCUT2D eigenvalue weighted by Gasteiger charge is 2.45. The highest BCUT2D eigenvalue weighted by atomic mass is 19.3. The third kappa shape index (κ3) is 14.8. The number of nitrogens with two attached hydrogens (primary N) is 2. The molecule has 332 valence electrons. The first-order valence-electron chi connectivity index (χ1n) is 21.9. The van der Waals surface area contributed by atoms with Crippen LogP contribution in [0, 0.1) is 23.7 Å². The SMILES string of the molecule is CCCCC1CCC(C(F)(F)Oc2ccc(/C=C/C(=O)OCC(COC(=O)/C=C/c3ccc(OC(F)(F)C4CCC(CCCC)CC4)cc3)c3ccc(N)cc3N)cc2)CC1. The Morgan fingerprint density at radius 2 is 1.05 bits per heavy atom. The van der Waals surface area contributed by atoms with Gasteiger partial charge in [0.2, 0.25) is 0 Å². The average molecular weight is 851 g/mol. The zero-order chi connectivity index (χ0) is 43.8. The van der Waals surface area contributed by atoms with Crippen LogP contribution in [0.25, 0.3) is 12.2 Å². The molecule has 0 bridgehead atoms. The number of anilines is 2. The zero-order valence-corrected chi connectivity index (χ0v) is 35.5. The monoisotopic (exact) mass is 850 g/mol. The van der Waals surface area contributed by atoms with Gasteiger partial charge < -0.3 is 30.4 Å². The molecule has 2 saturated carbocycles. The predicted octanol–water partition coefficient (Wildman–Crippen LogP) is 12.4. The first-order valence-corrected chi connectivity index (χ1v) is 21.9. The molecule has 0 aromatic heterocycles. The minimum absolute atomic E-state index is 0.0432. The fraction of sp³-hybridized carbons (Fsp3) is 0.510. The fourth-order valence-electron chi connectivity index (χ4n) is 8.32. The van der Waals surface area contributed by atoms with E-state index < -0.39 is 41.9 Å². The lowest BCUT2D eigenvalue weighted by molar-refractivity contribution is -0.224. The van der Waals surface area contributed by atoms with Gasteiger partial charge in [0.05, 0.1) is 17.8 Å². The van der Waals surface area contributed by atoms with E-state index in [1.807, 2.05) is 0 Å². The van der Waals surface area contributed by atoms with Crippen molar-refractivity contribution in [2.45, 2.75) is 122 Å². The number of benzene rings is 3. The summed E-state index contributed by atoms with van der Waals surface area (Å²) >= 11 is 0. The van der Waals surface area contributed by atoms with E-state index in [-0.39, 0.29) is 24.7 Å². The van der Waals surface area contributed by atoms with Crippen LogP contribution in [0.15, 0.2) is 78.9 Å². The van der Waals surface area contributed by atoms with Crippen molar-refractivity contribution in [1.82, 2.24) is 0 Å². The van der Waals surface area contributed by atoms with Gasteiger partial charge in [0.25, 0.3) is 0 Å². The number of rotatable bonds is 21. The van der Waals surface area contributed by atoms with Crippen LogP contribution in [0.2, 0.25) is 0 Å². The van der Waals surface area contributed by atoms with E-state index in [0.717, 1.165) is 64.2 Å². The van der Waals surface area contributed by atoms with Crippen molar-refractivity contribution in [2.75, 3.05) is 24.7 Å². The van der Waals surface area contributed by atoms with Gasteiger partial charge in [0.15, 0.2) is 0 Å². The lowest BCUT2D eigenvalue weighted by atomic mass is 9.79. The Hall–Kier alpha value is -5.00. The summed E-state index contributed by atoms with van der Waals surface area (Å²) < 4.78 is 81.4. The molecule has 8 nitrogen and oxygen atoms in total. The molecule has 0 spiro atoms. The standard InChI is InChI=1S/C49H62F4N2O6/c1-3-5-7-34-9-19-39(20-10-34)48(50,51)60-42-24-13-36(14-25-42)17-29-46(56)58-32-38(44-28-23-41(54)31-45(44)55)33-59-47(57)30-18-37-15-26-43(27-16-37)61-49(52,53)40-21-11-35(12-22-40)8-6-4-2/h13-18,23-31,34-35,38-40H,3-12,19-22,32-33,54-55H2,1-2H3/b29-17+,30-18+. The molecule has 2 fully saturated rings. The number of ether oxygens (including phenoxy) is 4. The van der Waals surface area contributed by atoms with Crippen LogP contribution < -0.4 is 20.9 Å². The fourth-order valence-corrected chi connectivity index (χ4v) is 8.32. The van der Waals surface area contributed by atoms with E-state index in [1.165, 1.54) is 48.6 Å². The summed E-state index contributed by atoms with van der Waals surface area (Å²) in [5.41, 5.74) is 14.6. The Balaban J connectivity index is 1.09. The van der Waals surface area contributed by atoms with Crippen LogP contribution in [0.4, 0.5) is 28.9 Å². The number of alkyl halides is 4. The normalized spacial score (nSPS) is 20.4. The maximum atomic E-state index is 15.0. The molecule has 0 aliphatic heterocycles. The van der Waals surface area contributed by atoms with E-state index >= 15 is 17.6 Å². The smallest absolute Gasteiger partial charge is 0.400 e. The Morgan fingerprint density at radius 3 is 1.43 bits per heavy atom. The van der Waals surface area contributed by atoms with E-state index in [4.69, 9.17) is 30.4 Å². The quantitative estimate of drug-likeness (QED) is 0.0470. The first-order chi connectivity index (χ1) is 29.2. The number of hydrogen-bond donors (Lipinski definition) is 2. The van der Waals surface area contributed by atoms with Crippen LogP contribution in [-0.4, -0.2) is 37.4 Å². The maximum Gasteiger partial charge on any atom is 0.400 e. The minimum atomic E-state index is -3.27. The summed E-state index contributed by atoms with van der Waals surface area (Å²) in [5.74, 6) is -2.56. The Labute approximate surface area is 358 Å². The second kappa shape index (κ2) is 22.7. The molecule has 4 N–H and O–H groups in total. The van der Waals surface area contributed by atoms with Gasteiger partial charge >= 0.3 is 24.2 Å². The summed E-state index contributed by atoms with van der Waals surface area (Å²) in [6, 6.07) is 16.9. The van der Waals surface area contributed by atoms with Crippen LogP contribution in [0.3, 0.4) is 0 Å². The molecule has 61 heavy (non-hydrogen) atoms.